The van der Waals surface area contributed by atoms with Crippen LogP contribution in [0.15, 0.2) is 42.9 Å². The van der Waals surface area contributed by atoms with E-state index in [9.17, 15) is 4.79 Å². The Morgan fingerprint density at radius 3 is 2.85 bits per heavy atom. The molecule has 2 atom stereocenters. The molecule has 0 saturated carbocycles. The van der Waals surface area contributed by atoms with E-state index >= 15 is 0 Å². The zero-order valence-corrected chi connectivity index (χ0v) is 15.1. The summed E-state index contributed by atoms with van der Waals surface area (Å²) in [5, 5.41) is 3.04. The second-order valence-corrected chi connectivity index (χ2v) is 6.32. The third kappa shape index (κ3) is 4.11. The molecule has 1 aromatic heterocycles. The van der Waals surface area contributed by atoms with Crippen molar-refractivity contribution in [1.29, 1.82) is 0 Å². The molecule has 1 aliphatic rings. The highest BCUT2D eigenvalue weighted by atomic mass is 16.5. The van der Waals surface area contributed by atoms with Gasteiger partial charge >= 0.3 is 0 Å². The zero-order valence-electron chi connectivity index (χ0n) is 15.1. The fraction of sp³-hybridized carbons (Fsp3) is 0.421. The third-order valence-electron chi connectivity index (χ3n) is 4.68. The molecular formula is C19H24N4O3. The lowest BCUT2D eigenvalue weighted by molar-refractivity contribution is -0.126. The molecule has 0 radical (unpaired) electrons. The first-order valence-corrected chi connectivity index (χ1v) is 8.62. The van der Waals surface area contributed by atoms with Crippen LogP contribution in [0.5, 0.6) is 5.75 Å². The summed E-state index contributed by atoms with van der Waals surface area (Å²) in [5.41, 5.74) is 0.954. The number of carbonyl (C=O) groups is 1. The van der Waals surface area contributed by atoms with Crippen LogP contribution in [0.25, 0.3) is 0 Å². The lowest BCUT2D eigenvalue weighted by Gasteiger charge is -2.17. The molecule has 7 nitrogen and oxygen atoms in total. The van der Waals surface area contributed by atoms with Crippen molar-refractivity contribution >= 4 is 11.7 Å². The van der Waals surface area contributed by atoms with Crippen LogP contribution in [0.3, 0.4) is 0 Å². The van der Waals surface area contributed by atoms with Gasteiger partial charge in [-0.3, -0.25) is 9.78 Å². The van der Waals surface area contributed by atoms with E-state index < -0.39 is 0 Å². The maximum atomic E-state index is 12.8. The number of carbonyl (C=O) groups excluding carboxylic acids is 1. The average Bonchev–Trinajstić information content (AvgIpc) is 3.11. The van der Waals surface area contributed by atoms with Crippen molar-refractivity contribution in [2.75, 3.05) is 38.8 Å². The highest BCUT2D eigenvalue weighted by Crippen LogP contribution is 2.27. The summed E-state index contributed by atoms with van der Waals surface area (Å²) in [6, 6.07) is 7.69. The standard InChI is InChI=1S/C19H24N4O3/c1-25-13-15-11-23(18-10-20-7-8-21-18)12-16(15)19(24)22-9-14-5-3-4-6-17(14)26-2/h3-8,10,15-16H,9,11-13H2,1-2H3,(H,22,24). The van der Waals surface area contributed by atoms with Gasteiger partial charge in [-0.2, -0.15) is 0 Å². The van der Waals surface area contributed by atoms with Gasteiger partial charge in [-0.1, -0.05) is 18.2 Å². The van der Waals surface area contributed by atoms with E-state index in [1.807, 2.05) is 24.3 Å². The highest BCUT2D eigenvalue weighted by molar-refractivity contribution is 5.80. The van der Waals surface area contributed by atoms with E-state index in [-0.39, 0.29) is 17.7 Å². The number of nitrogens with one attached hydrogen (secondary N) is 1. The van der Waals surface area contributed by atoms with Crippen LogP contribution in [0, 0.1) is 11.8 Å². The highest BCUT2D eigenvalue weighted by Gasteiger charge is 2.38. The minimum absolute atomic E-state index is 0.0179. The first kappa shape index (κ1) is 18.1. The van der Waals surface area contributed by atoms with Gasteiger partial charge in [0.1, 0.15) is 11.6 Å². The fourth-order valence-corrected chi connectivity index (χ4v) is 3.36. The van der Waals surface area contributed by atoms with Crippen molar-refractivity contribution in [1.82, 2.24) is 15.3 Å². The molecule has 1 saturated heterocycles. The first-order valence-electron chi connectivity index (χ1n) is 8.62. The smallest absolute Gasteiger partial charge is 0.225 e. The molecule has 7 heteroatoms. The maximum Gasteiger partial charge on any atom is 0.225 e. The summed E-state index contributed by atoms with van der Waals surface area (Å²) in [6.07, 6.45) is 5.03. The van der Waals surface area contributed by atoms with E-state index in [0.717, 1.165) is 23.7 Å². The Labute approximate surface area is 153 Å². The van der Waals surface area contributed by atoms with Crippen LogP contribution in [-0.2, 0) is 16.1 Å². The van der Waals surface area contributed by atoms with Crippen molar-refractivity contribution in [3.63, 3.8) is 0 Å². The lowest BCUT2D eigenvalue weighted by Crippen LogP contribution is -2.36. The lowest BCUT2D eigenvalue weighted by atomic mass is 9.96. The number of para-hydroxylation sites is 1. The molecule has 2 unspecified atom stereocenters. The van der Waals surface area contributed by atoms with Crippen LogP contribution < -0.4 is 15.0 Å². The fourth-order valence-electron chi connectivity index (χ4n) is 3.36. The normalized spacial score (nSPS) is 19.4. The Morgan fingerprint density at radius 1 is 1.27 bits per heavy atom. The summed E-state index contributed by atoms with van der Waals surface area (Å²) < 4.78 is 10.7. The Kier molecular flexibility index (Phi) is 6.01. The molecule has 3 rings (SSSR count). The van der Waals surface area contributed by atoms with E-state index in [1.165, 1.54) is 0 Å². The van der Waals surface area contributed by atoms with Crippen LogP contribution in [0.1, 0.15) is 5.56 Å². The monoisotopic (exact) mass is 356 g/mol. The molecular weight excluding hydrogens is 332 g/mol. The van der Waals surface area contributed by atoms with Crippen molar-refractivity contribution in [2.45, 2.75) is 6.54 Å². The number of amides is 1. The minimum atomic E-state index is -0.160. The molecule has 0 spiro atoms. The van der Waals surface area contributed by atoms with Crippen molar-refractivity contribution in [3.8, 4) is 5.75 Å². The van der Waals surface area contributed by atoms with Crippen LogP contribution in [0.4, 0.5) is 5.82 Å². The molecule has 0 bridgehead atoms. The molecule has 1 aliphatic heterocycles. The van der Waals surface area contributed by atoms with Crippen molar-refractivity contribution in [2.24, 2.45) is 11.8 Å². The molecule has 0 aliphatic carbocycles. The second kappa shape index (κ2) is 8.62. The largest absolute Gasteiger partial charge is 0.496 e. The van der Waals surface area contributed by atoms with Gasteiger partial charge in [0.25, 0.3) is 0 Å². The summed E-state index contributed by atoms with van der Waals surface area (Å²) in [4.78, 5) is 23.4. The Morgan fingerprint density at radius 2 is 2.12 bits per heavy atom. The van der Waals surface area contributed by atoms with Crippen LogP contribution in [-0.4, -0.2) is 49.8 Å². The topological polar surface area (TPSA) is 76.6 Å². The quantitative estimate of drug-likeness (QED) is 0.810. The van der Waals surface area contributed by atoms with Gasteiger partial charge in [-0.15, -0.1) is 0 Å². The van der Waals surface area contributed by atoms with Crippen molar-refractivity contribution in [3.05, 3.63) is 48.4 Å². The van der Waals surface area contributed by atoms with E-state index in [4.69, 9.17) is 9.47 Å². The number of ether oxygens (including phenoxy) is 2. The molecule has 1 aromatic carbocycles. The SMILES string of the molecule is COCC1CN(c2cnccn2)CC1C(=O)NCc1ccccc1OC. The van der Waals surface area contributed by atoms with E-state index in [0.29, 0.717) is 19.7 Å². The van der Waals surface area contributed by atoms with Gasteiger partial charge in [0.15, 0.2) is 0 Å². The first-order chi connectivity index (χ1) is 12.7. The molecule has 26 heavy (non-hydrogen) atoms. The van der Waals surface area contributed by atoms with E-state index in [2.05, 4.69) is 20.2 Å². The van der Waals surface area contributed by atoms with Gasteiger partial charge in [-0.05, 0) is 6.07 Å². The molecule has 138 valence electrons. The van der Waals surface area contributed by atoms with Gasteiger partial charge in [0, 0.05) is 50.6 Å². The summed E-state index contributed by atoms with van der Waals surface area (Å²) in [5.74, 6) is 1.53. The van der Waals surface area contributed by atoms with Gasteiger partial charge in [0.2, 0.25) is 5.91 Å². The molecule has 1 fully saturated rings. The molecule has 1 N–H and O–H groups in total. The Hall–Kier alpha value is -2.67. The minimum Gasteiger partial charge on any atom is -0.496 e. The van der Waals surface area contributed by atoms with Gasteiger partial charge in [0.05, 0.1) is 25.8 Å². The van der Waals surface area contributed by atoms with E-state index in [1.54, 1.807) is 32.8 Å². The number of methoxy groups -OCH3 is 2. The number of hydrogen-bond acceptors (Lipinski definition) is 6. The molecule has 2 aromatic rings. The predicted molar refractivity (Wildman–Crippen MR) is 97.9 cm³/mol. The average molecular weight is 356 g/mol. The van der Waals surface area contributed by atoms with Crippen LogP contribution >= 0.6 is 0 Å². The second-order valence-electron chi connectivity index (χ2n) is 6.32. The maximum absolute atomic E-state index is 12.8. The van der Waals surface area contributed by atoms with Gasteiger partial charge < -0.3 is 19.7 Å². The predicted octanol–water partition coefficient (Wildman–Crippen LogP) is 1.50. The number of nitrogens with zero attached hydrogens (tertiary/aromatic N) is 3. The Bertz CT molecular complexity index is 726. The summed E-state index contributed by atoms with van der Waals surface area (Å²) in [6.45, 7) is 2.29. The third-order valence-corrected chi connectivity index (χ3v) is 4.68. The van der Waals surface area contributed by atoms with Crippen LogP contribution in [0.2, 0.25) is 0 Å². The van der Waals surface area contributed by atoms with Crippen molar-refractivity contribution < 1.29 is 14.3 Å². The molecule has 2 heterocycles. The molecule has 1 amide bonds. The summed E-state index contributed by atoms with van der Waals surface area (Å²) >= 11 is 0. The summed E-state index contributed by atoms with van der Waals surface area (Å²) in [7, 11) is 3.29. The van der Waals surface area contributed by atoms with Gasteiger partial charge in [-0.25, -0.2) is 4.98 Å². The number of hydrogen-bond donors (Lipinski definition) is 1. The number of rotatable bonds is 7. The number of anilines is 1. The number of benzene rings is 1. The Balaban J connectivity index is 1.66. The zero-order chi connectivity index (χ0) is 18.4. The number of aromatic nitrogens is 2.